The molecule has 1 atom stereocenters. The summed E-state index contributed by atoms with van der Waals surface area (Å²) in [6.07, 6.45) is 0.191. The smallest absolute Gasteiger partial charge is 0.320 e. The molecule has 0 aromatic heterocycles. The molecule has 1 rings (SSSR count). The Balaban J connectivity index is 2.25. The van der Waals surface area contributed by atoms with Crippen LogP contribution in [0.4, 0.5) is 0 Å². The molecule has 82 valence electrons. The monoisotopic (exact) mass is 201 g/mol. The first kappa shape index (κ1) is 11.5. The third-order valence-electron chi connectivity index (χ3n) is 2.05. The number of hydrogen-bond donors (Lipinski definition) is 0. The lowest BCUT2D eigenvalue weighted by atomic mass is 10.3. The Hall–Kier alpha value is -0.610. The van der Waals surface area contributed by atoms with E-state index in [1.807, 2.05) is 20.8 Å². The molecule has 0 aromatic carbocycles. The van der Waals surface area contributed by atoms with Gasteiger partial charge < -0.3 is 9.47 Å². The maximum absolute atomic E-state index is 11.3. The molecular formula is C10H19NO3. The molecule has 4 heteroatoms. The number of carbonyl (C=O) groups is 1. The zero-order valence-electron chi connectivity index (χ0n) is 9.16. The van der Waals surface area contributed by atoms with E-state index in [4.69, 9.17) is 9.47 Å². The highest BCUT2D eigenvalue weighted by atomic mass is 16.5. The van der Waals surface area contributed by atoms with Crippen molar-refractivity contribution in [2.75, 3.05) is 26.2 Å². The highest BCUT2D eigenvalue weighted by molar-refractivity contribution is 5.71. The highest BCUT2D eigenvalue weighted by Crippen LogP contribution is 2.04. The molecule has 0 amide bonds. The second kappa shape index (κ2) is 5.32. The normalized spacial score (nSPS) is 23.9. The van der Waals surface area contributed by atoms with E-state index in [1.165, 1.54) is 0 Å². The van der Waals surface area contributed by atoms with Crippen molar-refractivity contribution in [3.05, 3.63) is 0 Å². The Morgan fingerprint density at radius 3 is 2.93 bits per heavy atom. The van der Waals surface area contributed by atoms with Gasteiger partial charge >= 0.3 is 5.97 Å². The van der Waals surface area contributed by atoms with Crippen LogP contribution < -0.4 is 0 Å². The van der Waals surface area contributed by atoms with Gasteiger partial charge in [-0.25, -0.2) is 0 Å². The number of morpholine rings is 1. The van der Waals surface area contributed by atoms with Crippen molar-refractivity contribution >= 4 is 5.97 Å². The van der Waals surface area contributed by atoms with Crippen LogP contribution >= 0.6 is 0 Å². The first-order valence-corrected chi connectivity index (χ1v) is 5.11. The van der Waals surface area contributed by atoms with Gasteiger partial charge in [0.05, 0.1) is 25.4 Å². The Bertz CT molecular complexity index is 194. The summed E-state index contributed by atoms with van der Waals surface area (Å²) in [6.45, 7) is 8.45. The van der Waals surface area contributed by atoms with Gasteiger partial charge in [0.15, 0.2) is 0 Å². The Kier molecular flexibility index (Phi) is 4.35. The second-order valence-corrected chi connectivity index (χ2v) is 3.96. The van der Waals surface area contributed by atoms with Gasteiger partial charge in [-0.05, 0) is 20.8 Å². The molecule has 1 fully saturated rings. The van der Waals surface area contributed by atoms with Gasteiger partial charge in [0.25, 0.3) is 0 Å². The summed E-state index contributed by atoms with van der Waals surface area (Å²) in [5.41, 5.74) is 0. The lowest BCUT2D eigenvalue weighted by Crippen LogP contribution is -2.44. The fraction of sp³-hybridized carbons (Fsp3) is 0.900. The number of rotatable bonds is 3. The molecule has 0 N–H and O–H groups in total. The molecule has 0 bridgehead atoms. The molecule has 0 radical (unpaired) electrons. The van der Waals surface area contributed by atoms with Crippen molar-refractivity contribution in [2.24, 2.45) is 0 Å². The maximum Gasteiger partial charge on any atom is 0.320 e. The molecule has 1 aliphatic heterocycles. The number of carbonyl (C=O) groups excluding carboxylic acids is 1. The van der Waals surface area contributed by atoms with E-state index >= 15 is 0 Å². The molecule has 14 heavy (non-hydrogen) atoms. The van der Waals surface area contributed by atoms with Crippen LogP contribution in [0.1, 0.15) is 20.8 Å². The van der Waals surface area contributed by atoms with E-state index in [0.29, 0.717) is 13.2 Å². The standard InChI is InChI=1S/C10H19NO3/c1-8(2)14-10(12)7-11-4-5-13-9(3)6-11/h8-9H,4-7H2,1-3H3. The van der Waals surface area contributed by atoms with Crippen molar-refractivity contribution in [3.63, 3.8) is 0 Å². The van der Waals surface area contributed by atoms with E-state index < -0.39 is 0 Å². The van der Waals surface area contributed by atoms with Crippen molar-refractivity contribution in [1.29, 1.82) is 0 Å². The summed E-state index contributed by atoms with van der Waals surface area (Å²) >= 11 is 0. The number of ether oxygens (including phenoxy) is 2. The minimum absolute atomic E-state index is 0.0269. The summed E-state index contributed by atoms with van der Waals surface area (Å²) in [4.78, 5) is 13.4. The van der Waals surface area contributed by atoms with Crippen molar-refractivity contribution in [1.82, 2.24) is 4.90 Å². The van der Waals surface area contributed by atoms with Crippen LogP contribution in [0.15, 0.2) is 0 Å². The van der Waals surface area contributed by atoms with E-state index in [1.54, 1.807) is 0 Å². The first-order chi connectivity index (χ1) is 6.58. The molecular weight excluding hydrogens is 182 g/mol. The largest absolute Gasteiger partial charge is 0.462 e. The predicted molar refractivity (Wildman–Crippen MR) is 53.1 cm³/mol. The van der Waals surface area contributed by atoms with Gasteiger partial charge in [-0.3, -0.25) is 9.69 Å². The Morgan fingerprint density at radius 2 is 2.36 bits per heavy atom. The Labute approximate surface area is 85.2 Å². The molecule has 1 unspecified atom stereocenters. The van der Waals surface area contributed by atoms with E-state index in [-0.39, 0.29) is 18.2 Å². The van der Waals surface area contributed by atoms with Crippen LogP contribution in [0.25, 0.3) is 0 Å². The molecule has 0 aromatic rings. The fourth-order valence-corrected chi connectivity index (χ4v) is 1.52. The van der Waals surface area contributed by atoms with Crippen molar-refractivity contribution < 1.29 is 14.3 Å². The first-order valence-electron chi connectivity index (χ1n) is 5.11. The predicted octanol–water partition coefficient (Wildman–Crippen LogP) is 0.659. The fourth-order valence-electron chi connectivity index (χ4n) is 1.52. The summed E-state index contributed by atoms with van der Waals surface area (Å²) < 4.78 is 10.4. The topological polar surface area (TPSA) is 38.8 Å². The van der Waals surface area contributed by atoms with Gasteiger partial charge in [0, 0.05) is 13.1 Å². The summed E-state index contributed by atoms with van der Waals surface area (Å²) in [6, 6.07) is 0. The van der Waals surface area contributed by atoms with Gasteiger partial charge in [0.2, 0.25) is 0 Å². The SMILES string of the molecule is CC(C)OC(=O)CN1CCOC(C)C1. The molecule has 1 aliphatic rings. The van der Waals surface area contributed by atoms with Crippen molar-refractivity contribution in [2.45, 2.75) is 33.0 Å². The molecule has 1 heterocycles. The average Bonchev–Trinajstić information content (AvgIpc) is 2.01. The second-order valence-electron chi connectivity index (χ2n) is 3.96. The maximum atomic E-state index is 11.3. The van der Waals surface area contributed by atoms with Gasteiger partial charge in [-0.2, -0.15) is 0 Å². The quantitative estimate of drug-likeness (QED) is 0.629. The minimum Gasteiger partial charge on any atom is -0.462 e. The number of esters is 1. The molecule has 0 aliphatic carbocycles. The van der Waals surface area contributed by atoms with Crippen LogP contribution in [-0.2, 0) is 14.3 Å². The van der Waals surface area contributed by atoms with E-state index in [2.05, 4.69) is 4.90 Å². The van der Waals surface area contributed by atoms with Gasteiger partial charge in [-0.1, -0.05) is 0 Å². The van der Waals surface area contributed by atoms with E-state index in [0.717, 1.165) is 13.1 Å². The summed E-state index contributed by atoms with van der Waals surface area (Å²) in [5, 5.41) is 0. The average molecular weight is 201 g/mol. The van der Waals surface area contributed by atoms with Crippen LogP contribution in [-0.4, -0.2) is 49.3 Å². The minimum atomic E-state index is -0.144. The third-order valence-corrected chi connectivity index (χ3v) is 2.05. The number of hydrogen-bond acceptors (Lipinski definition) is 4. The summed E-state index contributed by atoms with van der Waals surface area (Å²) in [5.74, 6) is -0.144. The van der Waals surface area contributed by atoms with Crippen LogP contribution in [0.2, 0.25) is 0 Å². The molecule has 4 nitrogen and oxygen atoms in total. The molecule has 1 saturated heterocycles. The zero-order valence-corrected chi connectivity index (χ0v) is 9.16. The van der Waals surface area contributed by atoms with Crippen LogP contribution in [0.5, 0.6) is 0 Å². The van der Waals surface area contributed by atoms with Gasteiger partial charge in [-0.15, -0.1) is 0 Å². The van der Waals surface area contributed by atoms with E-state index in [9.17, 15) is 4.79 Å². The third kappa shape index (κ3) is 4.07. The molecule has 0 saturated carbocycles. The van der Waals surface area contributed by atoms with Gasteiger partial charge in [0.1, 0.15) is 0 Å². The zero-order chi connectivity index (χ0) is 10.6. The van der Waals surface area contributed by atoms with Crippen molar-refractivity contribution in [3.8, 4) is 0 Å². The van der Waals surface area contributed by atoms with Crippen LogP contribution in [0.3, 0.4) is 0 Å². The lowest BCUT2D eigenvalue weighted by Gasteiger charge is -2.30. The molecule has 0 spiro atoms. The lowest BCUT2D eigenvalue weighted by molar-refractivity contribution is -0.150. The number of nitrogens with zero attached hydrogens (tertiary/aromatic N) is 1. The Morgan fingerprint density at radius 1 is 1.64 bits per heavy atom. The van der Waals surface area contributed by atoms with Crippen LogP contribution in [0, 0.1) is 0 Å². The highest BCUT2D eigenvalue weighted by Gasteiger charge is 2.19. The summed E-state index contributed by atoms with van der Waals surface area (Å²) in [7, 11) is 0.